The second kappa shape index (κ2) is 6.38. The smallest absolute Gasteiger partial charge is 0.0244 e. The first-order valence-electron chi connectivity index (χ1n) is 3.81. The monoisotopic (exact) mass is 136 g/mol. The van der Waals surface area contributed by atoms with Gasteiger partial charge in [0, 0.05) is 0 Å². The molecule has 0 aliphatic heterocycles. The van der Waals surface area contributed by atoms with Crippen LogP contribution in [-0.4, -0.2) is 0 Å². The van der Waals surface area contributed by atoms with Gasteiger partial charge in [0.15, 0.2) is 0 Å². The molecule has 10 heavy (non-hydrogen) atoms. The zero-order valence-electron chi connectivity index (χ0n) is 6.66. The van der Waals surface area contributed by atoms with E-state index in [1.54, 1.807) is 0 Å². The summed E-state index contributed by atoms with van der Waals surface area (Å²) in [7, 11) is 0. The average Bonchev–Trinajstić information content (AvgIpc) is 2.10. The van der Waals surface area contributed by atoms with E-state index in [0.717, 1.165) is 0 Å². The van der Waals surface area contributed by atoms with Crippen molar-refractivity contribution in [2.45, 2.75) is 32.1 Å². The molecule has 1 saturated carbocycles. The molecule has 0 aromatic carbocycles. The van der Waals surface area contributed by atoms with Crippen molar-refractivity contribution in [3.05, 3.63) is 31.0 Å². The Bertz CT molecular complexity index is 119. The zero-order valence-corrected chi connectivity index (χ0v) is 6.66. The van der Waals surface area contributed by atoms with E-state index in [9.17, 15) is 0 Å². The first-order chi connectivity index (χ1) is 4.93. The summed E-state index contributed by atoms with van der Waals surface area (Å²) in [5, 5.41) is 0. The summed E-state index contributed by atoms with van der Waals surface area (Å²) in [4.78, 5) is 0. The average molecular weight is 136 g/mol. The van der Waals surface area contributed by atoms with E-state index in [1.165, 1.54) is 37.7 Å². The third-order valence-corrected chi connectivity index (χ3v) is 1.71. The highest BCUT2D eigenvalue weighted by Crippen LogP contribution is 2.20. The van der Waals surface area contributed by atoms with Crippen LogP contribution in [-0.2, 0) is 0 Å². The zero-order chi connectivity index (χ0) is 7.82. The fourth-order valence-electron chi connectivity index (χ4n) is 1.16. The summed E-state index contributed by atoms with van der Waals surface area (Å²) < 4.78 is 0. The van der Waals surface area contributed by atoms with E-state index in [4.69, 9.17) is 0 Å². The van der Waals surface area contributed by atoms with E-state index in [0.29, 0.717) is 0 Å². The molecule has 0 spiro atoms. The second-order valence-corrected chi connectivity index (χ2v) is 2.34. The Labute approximate surface area is 64.0 Å². The van der Waals surface area contributed by atoms with Crippen LogP contribution < -0.4 is 0 Å². The molecule has 0 bridgehead atoms. The van der Waals surface area contributed by atoms with Crippen LogP contribution >= 0.6 is 0 Å². The van der Waals surface area contributed by atoms with Crippen molar-refractivity contribution in [3.8, 4) is 0 Å². The summed E-state index contributed by atoms with van der Waals surface area (Å²) in [5.74, 6) is 0. The molecule has 0 heteroatoms. The Balaban J connectivity index is 0.000000371. The third kappa shape index (κ3) is 3.32. The molecule has 0 nitrogen and oxygen atoms in total. The molecular weight excluding hydrogens is 120 g/mol. The Hall–Kier alpha value is -0.740. The number of allylic oxidation sites excluding steroid dienone is 1. The minimum absolute atomic E-state index is 1.25. The summed E-state index contributed by atoms with van der Waals surface area (Å²) in [5.41, 5.74) is 4.41. The van der Waals surface area contributed by atoms with Gasteiger partial charge in [0.05, 0.1) is 0 Å². The van der Waals surface area contributed by atoms with Gasteiger partial charge >= 0.3 is 0 Å². The molecular formula is C10H16. The van der Waals surface area contributed by atoms with E-state index in [1.807, 2.05) is 0 Å². The Kier molecular flexibility index (Phi) is 5.91. The quantitative estimate of drug-likeness (QED) is 0.353. The van der Waals surface area contributed by atoms with Crippen LogP contribution in [0.15, 0.2) is 31.0 Å². The summed E-state index contributed by atoms with van der Waals surface area (Å²) in [6.45, 7) is 9.62. The van der Waals surface area contributed by atoms with Gasteiger partial charge in [-0.3, -0.25) is 0 Å². The standard InChI is InChI=1S/C8H12.C2H4/c1-2-8-6-4-3-5-7-8;1-2/h1,3-7H2;1-2H2. The molecule has 0 amide bonds. The van der Waals surface area contributed by atoms with E-state index in [-0.39, 0.29) is 0 Å². The predicted octanol–water partition coefficient (Wildman–Crippen LogP) is 3.46. The molecule has 1 aliphatic rings. The number of rotatable bonds is 0. The molecule has 0 N–H and O–H groups in total. The first kappa shape index (κ1) is 9.26. The van der Waals surface area contributed by atoms with Crippen LogP contribution in [0.1, 0.15) is 32.1 Å². The summed E-state index contributed by atoms with van der Waals surface area (Å²) in [6, 6.07) is 0. The molecule has 0 unspecified atom stereocenters. The lowest BCUT2D eigenvalue weighted by atomic mass is 9.96. The van der Waals surface area contributed by atoms with Crippen LogP contribution in [0, 0.1) is 0 Å². The summed E-state index contributed by atoms with van der Waals surface area (Å²) >= 11 is 0. The highest BCUT2D eigenvalue weighted by molar-refractivity contribution is 5.00. The molecule has 0 heterocycles. The minimum Gasteiger partial charge on any atom is -0.130 e. The summed E-state index contributed by atoms with van der Waals surface area (Å²) in [6.07, 6.45) is 6.63. The molecule has 0 atom stereocenters. The molecule has 0 radical (unpaired) electrons. The topological polar surface area (TPSA) is 0 Å². The van der Waals surface area contributed by atoms with Crippen LogP contribution in [0.3, 0.4) is 0 Å². The molecule has 0 aromatic heterocycles. The SMILES string of the molecule is C=C.C=C=C1CCCCC1. The van der Waals surface area contributed by atoms with Gasteiger partial charge in [-0.25, -0.2) is 0 Å². The Morgan fingerprint density at radius 1 is 1.00 bits per heavy atom. The lowest BCUT2D eigenvalue weighted by Crippen LogP contribution is -1.90. The molecule has 56 valence electrons. The van der Waals surface area contributed by atoms with Crippen molar-refractivity contribution < 1.29 is 0 Å². The maximum atomic E-state index is 3.62. The van der Waals surface area contributed by atoms with E-state index in [2.05, 4.69) is 25.5 Å². The highest BCUT2D eigenvalue weighted by Gasteiger charge is 2.02. The van der Waals surface area contributed by atoms with Crippen LogP contribution in [0.5, 0.6) is 0 Å². The van der Waals surface area contributed by atoms with Crippen molar-refractivity contribution in [2.75, 3.05) is 0 Å². The minimum atomic E-state index is 1.25. The lowest BCUT2D eigenvalue weighted by Gasteiger charge is -2.09. The van der Waals surface area contributed by atoms with Crippen molar-refractivity contribution in [1.82, 2.24) is 0 Å². The normalized spacial score (nSPS) is 16.6. The second-order valence-electron chi connectivity index (χ2n) is 2.34. The fraction of sp³-hybridized carbons (Fsp3) is 0.500. The third-order valence-electron chi connectivity index (χ3n) is 1.71. The maximum absolute atomic E-state index is 3.62. The molecule has 0 aromatic rings. The molecule has 1 aliphatic carbocycles. The fourth-order valence-corrected chi connectivity index (χ4v) is 1.16. The molecule has 1 rings (SSSR count). The molecule has 0 saturated heterocycles. The first-order valence-corrected chi connectivity index (χ1v) is 3.81. The predicted molar refractivity (Wildman–Crippen MR) is 47.0 cm³/mol. The Morgan fingerprint density at radius 3 is 1.80 bits per heavy atom. The van der Waals surface area contributed by atoms with Gasteiger partial charge in [0.2, 0.25) is 0 Å². The van der Waals surface area contributed by atoms with Crippen molar-refractivity contribution in [2.24, 2.45) is 0 Å². The van der Waals surface area contributed by atoms with Gasteiger partial charge in [-0.05, 0) is 31.3 Å². The van der Waals surface area contributed by atoms with Gasteiger partial charge in [-0.15, -0.1) is 18.9 Å². The van der Waals surface area contributed by atoms with Gasteiger partial charge in [0.25, 0.3) is 0 Å². The van der Waals surface area contributed by atoms with Gasteiger partial charge in [-0.1, -0.05) is 13.0 Å². The van der Waals surface area contributed by atoms with Crippen molar-refractivity contribution in [3.63, 3.8) is 0 Å². The van der Waals surface area contributed by atoms with Crippen molar-refractivity contribution in [1.29, 1.82) is 0 Å². The van der Waals surface area contributed by atoms with Gasteiger partial charge < -0.3 is 0 Å². The number of hydrogen-bond donors (Lipinski definition) is 0. The van der Waals surface area contributed by atoms with Gasteiger partial charge in [-0.2, -0.15) is 0 Å². The van der Waals surface area contributed by atoms with Crippen LogP contribution in [0.4, 0.5) is 0 Å². The van der Waals surface area contributed by atoms with Crippen LogP contribution in [0.2, 0.25) is 0 Å². The molecule has 1 fully saturated rings. The van der Waals surface area contributed by atoms with Crippen molar-refractivity contribution >= 4 is 0 Å². The highest BCUT2D eigenvalue weighted by atomic mass is 14.1. The van der Waals surface area contributed by atoms with Crippen LogP contribution in [0.25, 0.3) is 0 Å². The van der Waals surface area contributed by atoms with E-state index < -0.39 is 0 Å². The lowest BCUT2D eigenvalue weighted by molar-refractivity contribution is 0.600. The maximum Gasteiger partial charge on any atom is -0.0244 e. The largest absolute Gasteiger partial charge is 0.130 e. The van der Waals surface area contributed by atoms with E-state index >= 15 is 0 Å². The van der Waals surface area contributed by atoms with Gasteiger partial charge in [0.1, 0.15) is 0 Å². The number of hydrogen-bond acceptors (Lipinski definition) is 0. The Morgan fingerprint density at radius 2 is 1.50 bits per heavy atom.